The number of ether oxygens (including phenoxy) is 1. The molecule has 6 nitrogen and oxygen atoms in total. The highest BCUT2D eigenvalue weighted by Crippen LogP contribution is 2.21. The zero-order chi connectivity index (χ0) is 23.6. The maximum absolute atomic E-state index is 13.3. The van der Waals surface area contributed by atoms with Crippen molar-refractivity contribution >= 4 is 41.3 Å². The molecule has 168 valence electrons. The van der Waals surface area contributed by atoms with E-state index in [9.17, 15) is 18.8 Å². The van der Waals surface area contributed by atoms with Crippen LogP contribution in [0.2, 0.25) is 0 Å². The van der Waals surface area contributed by atoms with E-state index < -0.39 is 17.6 Å². The smallest absolute Gasteiger partial charge is 0.315 e. The van der Waals surface area contributed by atoms with Crippen LogP contribution in [0.5, 0.6) is 0 Å². The molecule has 0 atom stereocenters. The van der Waals surface area contributed by atoms with Crippen LogP contribution in [-0.4, -0.2) is 30.6 Å². The van der Waals surface area contributed by atoms with E-state index in [2.05, 4.69) is 15.4 Å². The van der Waals surface area contributed by atoms with Crippen molar-refractivity contribution in [1.29, 1.82) is 0 Å². The minimum absolute atomic E-state index is 0.000367. The first-order valence-electron chi connectivity index (χ1n) is 9.89. The monoisotopic (exact) mass is 464 g/mol. The summed E-state index contributed by atoms with van der Waals surface area (Å²) in [6, 6.07) is 20.9. The van der Waals surface area contributed by atoms with Gasteiger partial charge in [-0.1, -0.05) is 30.3 Å². The van der Waals surface area contributed by atoms with E-state index in [1.807, 2.05) is 0 Å². The highest BCUT2D eigenvalue weighted by molar-refractivity contribution is 8.00. The van der Waals surface area contributed by atoms with Crippen LogP contribution in [0.25, 0.3) is 6.08 Å². The van der Waals surface area contributed by atoms with E-state index in [4.69, 9.17) is 0 Å². The summed E-state index contributed by atoms with van der Waals surface area (Å²) >= 11 is 1.31. The zero-order valence-corrected chi connectivity index (χ0v) is 18.5. The molecule has 2 amide bonds. The zero-order valence-electron chi connectivity index (χ0n) is 17.7. The third-order valence-electron chi connectivity index (χ3n) is 4.41. The van der Waals surface area contributed by atoms with Crippen molar-refractivity contribution in [2.45, 2.75) is 4.90 Å². The third kappa shape index (κ3) is 7.33. The Bertz CT molecular complexity index is 1150. The fourth-order valence-corrected chi connectivity index (χ4v) is 3.43. The van der Waals surface area contributed by atoms with Crippen molar-refractivity contribution in [3.8, 4) is 0 Å². The molecule has 0 spiro atoms. The summed E-state index contributed by atoms with van der Waals surface area (Å²) in [6.07, 6.45) is 1.47. The standard InChI is InChI=1S/C25H21FN2O4S/c1-32-23(29)16-33-21-13-11-20(12-14-21)27-25(31)22(15-17-7-9-19(26)10-8-17)28-24(30)18-5-3-2-4-6-18/h2-15H,16H2,1H3,(H,27,31)(H,28,30)/b22-15-. The highest BCUT2D eigenvalue weighted by atomic mass is 32.2. The fraction of sp³-hybridized carbons (Fsp3) is 0.0800. The lowest BCUT2D eigenvalue weighted by molar-refractivity contribution is -0.137. The maximum atomic E-state index is 13.3. The number of rotatable bonds is 8. The summed E-state index contributed by atoms with van der Waals surface area (Å²) in [7, 11) is 1.33. The Morgan fingerprint density at radius 1 is 0.939 bits per heavy atom. The van der Waals surface area contributed by atoms with E-state index >= 15 is 0 Å². The maximum Gasteiger partial charge on any atom is 0.315 e. The molecular weight excluding hydrogens is 443 g/mol. The lowest BCUT2D eigenvalue weighted by Crippen LogP contribution is -2.30. The average molecular weight is 465 g/mol. The molecule has 0 saturated carbocycles. The minimum Gasteiger partial charge on any atom is -0.468 e. The van der Waals surface area contributed by atoms with Crippen molar-refractivity contribution in [2.75, 3.05) is 18.2 Å². The van der Waals surface area contributed by atoms with E-state index in [0.29, 0.717) is 16.8 Å². The Morgan fingerprint density at radius 2 is 1.61 bits per heavy atom. The van der Waals surface area contributed by atoms with E-state index in [0.717, 1.165) is 4.90 Å². The van der Waals surface area contributed by atoms with Gasteiger partial charge in [-0.25, -0.2) is 4.39 Å². The quantitative estimate of drug-likeness (QED) is 0.291. The molecule has 0 aliphatic heterocycles. The number of carbonyl (C=O) groups excluding carboxylic acids is 3. The summed E-state index contributed by atoms with van der Waals surface area (Å²) in [5.41, 5.74) is 1.44. The van der Waals surface area contributed by atoms with Crippen LogP contribution >= 0.6 is 11.8 Å². The van der Waals surface area contributed by atoms with Crippen molar-refractivity contribution in [1.82, 2.24) is 5.32 Å². The Balaban J connectivity index is 1.76. The van der Waals surface area contributed by atoms with Gasteiger partial charge < -0.3 is 15.4 Å². The molecule has 0 aromatic heterocycles. The molecule has 0 fully saturated rings. The Morgan fingerprint density at radius 3 is 2.24 bits per heavy atom. The van der Waals surface area contributed by atoms with Crippen molar-refractivity contribution in [3.05, 3.63) is 102 Å². The van der Waals surface area contributed by atoms with Crippen LogP contribution in [-0.2, 0) is 14.3 Å². The summed E-state index contributed by atoms with van der Waals surface area (Å²) in [4.78, 5) is 37.7. The molecule has 0 radical (unpaired) electrons. The number of carbonyl (C=O) groups is 3. The number of halogens is 1. The number of amides is 2. The predicted octanol–water partition coefficient (Wildman–Crippen LogP) is 4.50. The SMILES string of the molecule is COC(=O)CSc1ccc(NC(=O)/C(=C/c2ccc(F)cc2)NC(=O)c2ccccc2)cc1. The molecule has 0 unspecified atom stereocenters. The van der Waals surface area contributed by atoms with Crippen molar-refractivity contribution in [2.24, 2.45) is 0 Å². The number of esters is 1. The normalized spacial score (nSPS) is 10.9. The van der Waals surface area contributed by atoms with Gasteiger partial charge in [0.25, 0.3) is 11.8 Å². The number of thioether (sulfide) groups is 1. The Labute approximate surface area is 194 Å². The first-order valence-corrected chi connectivity index (χ1v) is 10.9. The molecule has 3 aromatic carbocycles. The van der Waals surface area contributed by atoms with Gasteiger partial charge in [0.05, 0.1) is 12.9 Å². The predicted molar refractivity (Wildman–Crippen MR) is 126 cm³/mol. The number of benzene rings is 3. The lowest BCUT2D eigenvalue weighted by atomic mass is 10.1. The van der Waals surface area contributed by atoms with Crippen LogP contribution in [0, 0.1) is 5.82 Å². The van der Waals surface area contributed by atoms with Crippen LogP contribution < -0.4 is 10.6 Å². The van der Waals surface area contributed by atoms with Gasteiger partial charge in [-0.05, 0) is 60.2 Å². The number of hydrogen-bond acceptors (Lipinski definition) is 5. The van der Waals surface area contributed by atoms with Crippen LogP contribution in [0.3, 0.4) is 0 Å². The Hall–Kier alpha value is -3.91. The van der Waals surface area contributed by atoms with Crippen LogP contribution in [0.15, 0.2) is 89.5 Å². The topological polar surface area (TPSA) is 84.5 Å². The summed E-state index contributed by atoms with van der Waals surface area (Å²) in [5, 5.41) is 5.36. The minimum atomic E-state index is -0.543. The third-order valence-corrected chi connectivity index (χ3v) is 5.39. The number of hydrogen-bond donors (Lipinski definition) is 2. The summed E-state index contributed by atoms with van der Waals surface area (Å²) < 4.78 is 17.9. The molecule has 3 rings (SSSR count). The molecule has 0 heterocycles. The molecule has 33 heavy (non-hydrogen) atoms. The first kappa shape index (κ1) is 23.7. The molecule has 0 aliphatic rings. The first-order chi connectivity index (χ1) is 15.9. The number of nitrogens with one attached hydrogen (secondary N) is 2. The van der Waals surface area contributed by atoms with Gasteiger partial charge in [-0.15, -0.1) is 11.8 Å². The lowest BCUT2D eigenvalue weighted by Gasteiger charge is -2.12. The van der Waals surface area contributed by atoms with Gasteiger partial charge in [-0.2, -0.15) is 0 Å². The van der Waals surface area contributed by atoms with Crippen molar-refractivity contribution < 1.29 is 23.5 Å². The molecule has 0 saturated heterocycles. The molecule has 8 heteroatoms. The summed E-state index contributed by atoms with van der Waals surface area (Å²) in [5.74, 6) is -1.55. The highest BCUT2D eigenvalue weighted by Gasteiger charge is 2.15. The van der Waals surface area contributed by atoms with Gasteiger partial charge >= 0.3 is 5.97 Å². The largest absolute Gasteiger partial charge is 0.468 e. The number of methoxy groups -OCH3 is 1. The van der Waals surface area contributed by atoms with Gasteiger partial charge in [0, 0.05) is 16.1 Å². The second kappa shape index (κ2) is 11.6. The molecule has 2 N–H and O–H groups in total. The second-order valence-electron chi connectivity index (χ2n) is 6.77. The van der Waals surface area contributed by atoms with Crippen LogP contribution in [0.4, 0.5) is 10.1 Å². The second-order valence-corrected chi connectivity index (χ2v) is 7.82. The fourth-order valence-electron chi connectivity index (χ4n) is 2.70. The van der Waals surface area contributed by atoms with Gasteiger partial charge in [0.1, 0.15) is 11.5 Å². The van der Waals surface area contributed by atoms with Gasteiger partial charge in [-0.3, -0.25) is 14.4 Å². The molecule has 0 aliphatic carbocycles. The molecule has 0 bridgehead atoms. The average Bonchev–Trinajstić information content (AvgIpc) is 2.84. The molecule has 3 aromatic rings. The van der Waals surface area contributed by atoms with Gasteiger partial charge in [0.2, 0.25) is 0 Å². The van der Waals surface area contributed by atoms with Crippen molar-refractivity contribution in [3.63, 3.8) is 0 Å². The molecular formula is C25H21FN2O4S. The van der Waals surface area contributed by atoms with Gasteiger partial charge in [0.15, 0.2) is 0 Å². The van der Waals surface area contributed by atoms with E-state index in [-0.39, 0.29) is 17.4 Å². The van der Waals surface area contributed by atoms with E-state index in [1.54, 1.807) is 54.6 Å². The van der Waals surface area contributed by atoms with E-state index in [1.165, 1.54) is 49.2 Å². The summed E-state index contributed by atoms with van der Waals surface area (Å²) in [6.45, 7) is 0. The Kier molecular flexibility index (Phi) is 8.37. The van der Waals surface area contributed by atoms with Crippen LogP contribution in [0.1, 0.15) is 15.9 Å². The number of anilines is 1.